The van der Waals surface area contributed by atoms with Crippen molar-refractivity contribution in [1.29, 1.82) is 0 Å². The van der Waals surface area contributed by atoms with Crippen molar-refractivity contribution in [2.75, 3.05) is 6.54 Å². The van der Waals surface area contributed by atoms with Crippen LogP contribution in [0.3, 0.4) is 0 Å². The number of carbonyl (C=O) groups excluding carboxylic acids is 1. The highest BCUT2D eigenvalue weighted by Crippen LogP contribution is 2.22. The molecule has 1 heterocycles. The van der Waals surface area contributed by atoms with Gasteiger partial charge < -0.3 is 9.73 Å². The minimum atomic E-state index is -3.79. The van der Waals surface area contributed by atoms with Crippen LogP contribution in [0.4, 0.5) is 0 Å². The van der Waals surface area contributed by atoms with E-state index in [1.54, 1.807) is 24.3 Å². The lowest BCUT2D eigenvalue weighted by atomic mass is 10.1. The Morgan fingerprint density at radius 2 is 1.89 bits per heavy atom. The van der Waals surface area contributed by atoms with Crippen LogP contribution in [0.25, 0.3) is 0 Å². The Hall–Kier alpha value is -1.64. The largest absolute Gasteiger partial charge is 0.468 e. The third-order valence-corrected chi connectivity index (χ3v) is 6.07. The number of carbonyl (C=O) groups is 1. The fourth-order valence-electron chi connectivity index (χ4n) is 2.60. The van der Waals surface area contributed by atoms with Gasteiger partial charge in [-0.15, -0.1) is 0 Å². The van der Waals surface area contributed by atoms with E-state index in [1.165, 1.54) is 18.4 Å². The third kappa shape index (κ3) is 7.12. The molecule has 0 spiro atoms. The standard InChI is InChI=1S/C19H25BrN2O4S/c1-2-3-4-5-12-21-19(23)14-17(18-7-6-13-26-18)22-27(24,25)16-10-8-15(20)9-11-16/h6-11,13,17,22H,2-5,12,14H2,1H3,(H,21,23)/t17-/m0/s1. The molecule has 0 saturated carbocycles. The number of sulfonamides is 1. The molecule has 1 amide bonds. The van der Waals surface area contributed by atoms with Crippen molar-refractivity contribution in [3.63, 3.8) is 0 Å². The second kappa shape index (κ2) is 10.6. The van der Waals surface area contributed by atoms with Crippen molar-refractivity contribution in [2.45, 2.75) is 50.0 Å². The van der Waals surface area contributed by atoms with Crippen LogP contribution in [0, 0.1) is 0 Å². The summed E-state index contributed by atoms with van der Waals surface area (Å²) in [5, 5.41) is 2.85. The number of amides is 1. The van der Waals surface area contributed by atoms with Crippen LogP contribution in [-0.4, -0.2) is 20.9 Å². The van der Waals surface area contributed by atoms with E-state index in [0.29, 0.717) is 12.3 Å². The molecule has 148 valence electrons. The zero-order chi connectivity index (χ0) is 19.7. The number of rotatable bonds is 11. The van der Waals surface area contributed by atoms with Gasteiger partial charge in [-0.1, -0.05) is 42.1 Å². The first-order chi connectivity index (χ1) is 12.9. The summed E-state index contributed by atoms with van der Waals surface area (Å²) in [5.41, 5.74) is 0. The first kappa shape index (κ1) is 21.7. The van der Waals surface area contributed by atoms with E-state index < -0.39 is 16.1 Å². The molecule has 0 bridgehead atoms. The molecule has 0 radical (unpaired) electrons. The summed E-state index contributed by atoms with van der Waals surface area (Å²) in [6.45, 7) is 2.72. The molecule has 0 fully saturated rings. The molecule has 2 rings (SSSR count). The van der Waals surface area contributed by atoms with Gasteiger partial charge in [0.1, 0.15) is 5.76 Å². The predicted molar refractivity (Wildman–Crippen MR) is 108 cm³/mol. The first-order valence-electron chi connectivity index (χ1n) is 9.00. The van der Waals surface area contributed by atoms with Crippen molar-refractivity contribution < 1.29 is 17.6 Å². The van der Waals surface area contributed by atoms with E-state index in [1.807, 2.05) is 0 Å². The molecular formula is C19H25BrN2O4S. The zero-order valence-corrected chi connectivity index (χ0v) is 17.7. The number of hydrogen-bond donors (Lipinski definition) is 2. The number of hydrogen-bond acceptors (Lipinski definition) is 4. The molecule has 0 aliphatic carbocycles. The fourth-order valence-corrected chi connectivity index (χ4v) is 4.06. The number of unbranched alkanes of at least 4 members (excludes halogenated alkanes) is 3. The number of nitrogens with one attached hydrogen (secondary N) is 2. The Morgan fingerprint density at radius 3 is 2.52 bits per heavy atom. The average Bonchev–Trinajstić information content (AvgIpc) is 3.16. The predicted octanol–water partition coefficient (Wildman–Crippen LogP) is 4.15. The molecule has 0 aliphatic rings. The Morgan fingerprint density at radius 1 is 1.15 bits per heavy atom. The van der Waals surface area contributed by atoms with Gasteiger partial charge >= 0.3 is 0 Å². The normalized spacial score (nSPS) is 12.7. The van der Waals surface area contributed by atoms with E-state index in [0.717, 1.165) is 30.2 Å². The number of halogens is 1. The van der Waals surface area contributed by atoms with E-state index in [4.69, 9.17) is 4.42 Å². The van der Waals surface area contributed by atoms with E-state index >= 15 is 0 Å². The van der Waals surface area contributed by atoms with Gasteiger partial charge in [-0.3, -0.25) is 4.79 Å². The topological polar surface area (TPSA) is 88.4 Å². The molecule has 8 heteroatoms. The molecular weight excluding hydrogens is 432 g/mol. The highest BCUT2D eigenvalue weighted by Gasteiger charge is 2.25. The molecule has 27 heavy (non-hydrogen) atoms. The van der Waals surface area contributed by atoms with Gasteiger partial charge in [0.15, 0.2) is 0 Å². The summed E-state index contributed by atoms with van der Waals surface area (Å²) >= 11 is 3.28. The fraction of sp³-hybridized carbons (Fsp3) is 0.421. The molecule has 1 aromatic heterocycles. The Kier molecular flexibility index (Phi) is 8.53. The maximum absolute atomic E-state index is 12.7. The number of furan rings is 1. The van der Waals surface area contributed by atoms with Crippen molar-refractivity contribution in [3.8, 4) is 0 Å². The van der Waals surface area contributed by atoms with Crippen LogP contribution >= 0.6 is 15.9 Å². The van der Waals surface area contributed by atoms with Crippen molar-refractivity contribution >= 4 is 31.9 Å². The van der Waals surface area contributed by atoms with Crippen LogP contribution in [0.5, 0.6) is 0 Å². The smallest absolute Gasteiger partial charge is 0.241 e. The van der Waals surface area contributed by atoms with Crippen LogP contribution in [0.1, 0.15) is 50.8 Å². The van der Waals surface area contributed by atoms with Crippen LogP contribution < -0.4 is 10.0 Å². The first-order valence-corrected chi connectivity index (χ1v) is 11.3. The quantitative estimate of drug-likeness (QED) is 0.497. The van der Waals surface area contributed by atoms with Gasteiger partial charge in [0.2, 0.25) is 15.9 Å². The molecule has 2 N–H and O–H groups in total. The van der Waals surface area contributed by atoms with Crippen LogP contribution in [0.15, 0.2) is 56.4 Å². The van der Waals surface area contributed by atoms with Crippen molar-refractivity contribution in [3.05, 3.63) is 52.9 Å². The van der Waals surface area contributed by atoms with Crippen molar-refractivity contribution in [2.24, 2.45) is 0 Å². The molecule has 2 aromatic rings. The van der Waals surface area contributed by atoms with E-state index in [-0.39, 0.29) is 17.2 Å². The third-order valence-electron chi connectivity index (χ3n) is 4.05. The molecule has 0 saturated heterocycles. The van der Waals surface area contributed by atoms with Gasteiger partial charge in [0.05, 0.1) is 23.6 Å². The molecule has 0 unspecified atom stereocenters. The summed E-state index contributed by atoms with van der Waals surface area (Å²) < 4.78 is 34.0. The average molecular weight is 457 g/mol. The lowest BCUT2D eigenvalue weighted by Crippen LogP contribution is -2.34. The Balaban J connectivity index is 2.02. The minimum Gasteiger partial charge on any atom is -0.468 e. The lowest BCUT2D eigenvalue weighted by Gasteiger charge is -2.17. The molecule has 1 atom stereocenters. The SMILES string of the molecule is CCCCCCNC(=O)C[C@H](NS(=O)(=O)c1ccc(Br)cc1)c1ccco1. The molecule has 1 aromatic carbocycles. The van der Waals surface area contributed by atoms with Crippen LogP contribution in [-0.2, 0) is 14.8 Å². The van der Waals surface area contributed by atoms with Gasteiger partial charge in [-0.05, 0) is 42.8 Å². The zero-order valence-electron chi connectivity index (χ0n) is 15.3. The van der Waals surface area contributed by atoms with E-state index in [9.17, 15) is 13.2 Å². The maximum atomic E-state index is 12.7. The number of benzene rings is 1. The lowest BCUT2D eigenvalue weighted by molar-refractivity contribution is -0.121. The second-order valence-electron chi connectivity index (χ2n) is 6.26. The van der Waals surface area contributed by atoms with Gasteiger partial charge in [-0.25, -0.2) is 8.42 Å². The van der Waals surface area contributed by atoms with Gasteiger partial charge in [0.25, 0.3) is 0 Å². The van der Waals surface area contributed by atoms with E-state index in [2.05, 4.69) is 32.9 Å². The monoisotopic (exact) mass is 456 g/mol. The summed E-state index contributed by atoms with van der Waals surface area (Å²) in [6.07, 6.45) is 5.67. The van der Waals surface area contributed by atoms with Crippen LogP contribution in [0.2, 0.25) is 0 Å². The minimum absolute atomic E-state index is 0.0307. The summed E-state index contributed by atoms with van der Waals surface area (Å²) in [5.74, 6) is 0.184. The highest BCUT2D eigenvalue weighted by molar-refractivity contribution is 9.10. The molecule has 0 aliphatic heterocycles. The Labute approximate surface area is 168 Å². The highest BCUT2D eigenvalue weighted by atomic mass is 79.9. The second-order valence-corrected chi connectivity index (χ2v) is 8.89. The van der Waals surface area contributed by atoms with Crippen molar-refractivity contribution in [1.82, 2.24) is 10.0 Å². The van der Waals surface area contributed by atoms with Gasteiger partial charge in [-0.2, -0.15) is 4.72 Å². The van der Waals surface area contributed by atoms with Gasteiger partial charge in [0, 0.05) is 11.0 Å². The maximum Gasteiger partial charge on any atom is 0.241 e. The summed E-state index contributed by atoms with van der Waals surface area (Å²) in [7, 11) is -3.79. The summed E-state index contributed by atoms with van der Waals surface area (Å²) in [6, 6.07) is 8.85. The summed E-state index contributed by atoms with van der Waals surface area (Å²) in [4.78, 5) is 12.4. The molecule has 6 nitrogen and oxygen atoms in total. The Bertz CT molecular complexity index is 805.